The Bertz CT molecular complexity index is 731. The lowest BCUT2D eigenvalue weighted by atomic mass is 9.94. The standard InChI is InChI=1S/C19H30N2O4S/c1-5-11-20-18(22)15-8-7-9-17(13-15)26(23,24)21(6-2)16-10-12-25-19(3,4)14-16/h7-9,13,16H,5-6,10-12,14H2,1-4H3,(H,20,22). The maximum absolute atomic E-state index is 13.2. The molecular formula is C19H30N2O4S. The van der Waals surface area contributed by atoms with Crippen molar-refractivity contribution < 1.29 is 17.9 Å². The van der Waals surface area contributed by atoms with Crippen LogP contribution in [0.5, 0.6) is 0 Å². The zero-order chi connectivity index (χ0) is 19.4. The van der Waals surface area contributed by atoms with Crippen LogP contribution < -0.4 is 5.32 Å². The van der Waals surface area contributed by atoms with Crippen LogP contribution in [0.3, 0.4) is 0 Å². The normalized spacial score (nSPS) is 20.1. The number of hydrogen-bond donors (Lipinski definition) is 1. The molecule has 2 rings (SSSR count). The third-order valence-electron chi connectivity index (χ3n) is 4.63. The SMILES string of the molecule is CCCNC(=O)c1cccc(S(=O)(=O)N(CC)C2CCOC(C)(C)C2)c1. The molecule has 1 aromatic rings. The summed E-state index contributed by atoms with van der Waals surface area (Å²) < 4.78 is 33.7. The van der Waals surface area contributed by atoms with Crippen molar-refractivity contribution in [3.05, 3.63) is 29.8 Å². The molecule has 1 aromatic carbocycles. The zero-order valence-corrected chi connectivity index (χ0v) is 16.9. The summed E-state index contributed by atoms with van der Waals surface area (Å²) in [6.07, 6.45) is 2.15. The summed E-state index contributed by atoms with van der Waals surface area (Å²) in [6, 6.07) is 6.17. The smallest absolute Gasteiger partial charge is 0.251 e. The van der Waals surface area contributed by atoms with E-state index in [0.717, 1.165) is 6.42 Å². The highest BCUT2D eigenvalue weighted by Gasteiger charge is 2.37. The molecule has 1 aliphatic rings. The van der Waals surface area contributed by atoms with Crippen LogP contribution in [0.15, 0.2) is 29.2 Å². The zero-order valence-electron chi connectivity index (χ0n) is 16.1. The second kappa shape index (κ2) is 8.50. The van der Waals surface area contributed by atoms with Gasteiger partial charge in [0.15, 0.2) is 0 Å². The van der Waals surface area contributed by atoms with Crippen molar-refractivity contribution in [3.63, 3.8) is 0 Å². The average molecular weight is 383 g/mol. The second-order valence-corrected chi connectivity index (χ2v) is 9.14. The Balaban J connectivity index is 2.28. The van der Waals surface area contributed by atoms with Gasteiger partial charge in [-0.05, 0) is 51.3 Å². The molecule has 146 valence electrons. The van der Waals surface area contributed by atoms with Crippen LogP contribution in [0, 0.1) is 0 Å². The number of rotatable bonds is 7. The van der Waals surface area contributed by atoms with Gasteiger partial charge in [-0.15, -0.1) is 0 Å². The predicted octanol–water partition coefficient (Wildman–Crippen LogP) is 2.79. The van der Waals surface area contributed by atoms with Crippen LogP contribution in [0.1, 0.15) is 57.3 Å². The molecular weight excluding hydrogens is 352 g/mol. The third kappa shape index (κ3) is 4.84. The van der Waals surface area contributed by atoms with Crippen LogP contribution in [-0.2, 0) is 14.8 Å². The summed E-state index contributed by atoms with van der Waals surface area (Å²) in [5.41, 5.74) is 0.0242. The van der Waals surface area contributed by atoms with Crippen molar-refractivity contribution in [2.75, 3.05) is 19.7 Å². The van der Waals surface area contributed by atoms with Crippen LogP contribution >= 0.6 is 0 Å². The van der Waals surface area contributed by atoms with Gasteiger partial charge < -0.3 is 10.1 Å². The van der Waals surface area contributed by atoms with Crippen molar-refractivity contribution in [2.24, 2.45) is 0 Å². The van der Waals surface area contributed by atoms with Gasteiger partial charge in [0.2, 0.25) is 10.0 Å². The second-order valence-electron chi connectivity index (χ2n) is 7.25. The van der Waals surface area contributed by atoms with Gasteiger partial charge in [-0.2, -0.15) is 4.31 Å². The summed E-state index contributed by atoms with van der Waals surface area (Å²) in [5, 5.41) is 2.78. The fraction of sp³-hybridized carbons (Fsp3) is 0.632. The fourth-order valence-corrected chi connectivity index (χ4v) is 5.05. The Morgan fingerprint density at radius 3 is 2.69 bits per heavy atom. The van der Waals surface area contributed by atoms with E-state index in [1.165, 1.54) is 6.07 Å². The van der Waals surface area contributed by atoms with Crippen molar-refractivity contribution >= 4 is 15.9 Å². The average Bonchev–Trinajstić information content (AvgIpc) is 2.59. The van der Waals surface area contributed by atoms with Crippen LogP contribution in [0.4, 0.5) is 0 Å². The quantitative estimate of drug-likeness (QED) is 0.787. The molecule has 0 aromatic heterocycles. The molecule has 1 saturated heterocycles. The van der Waals surface area contributed by atoms with Crippen molar-refractivity contribution in [1.82, 2.24) is 9.62 Å². The molecule has 1 amide bonds. The molecule has 0 spiro atoms. The molecule has 7 heteroatoms. The summed E-state index contributed by atoms with van der Waals surface area (Å²) in [7, 11) is -3.68. The number of amides is 1. The van der Waals surface area contributed by atoms with E-state index in [1.54, 1.807) is 22.5 Å². The molecule has 1 N–H and O–H groups in total. The number of sulfonamides is 1. The number of carbonyl (C=O) groups is 1. The lowest BCUT2D eigenvalue weighted by molar-refractivity contribution is -0.0724. The minimum atomic E-state index is -3.68. The first-order chi connectivity index (χ1) is 12.2. The lowest BCUT2D eigenvalue weighted by Gasteiger charge is -2.40. The van der Waals surface area contributed by atoms with E-state index < -0.39 is 10.0 Å². The minimum Gasteiger partial charge on any atom is -0.375 e. The van der Waals surface area contributed by atoms with Crippen molar-refractivity contribution in [1.29, 1.82) is 0 Å². The number of nitrogens with zero attached hydrogens (tertiary/aromatic N) is 1. The highest BCUT2D eigenvalue weighted by Crippen LogP contribution is 2.30. The maximum atomic E-state index is 13.2. The minimum absolute atomic E-state index is 0.105. The summed E-state index contributed by atoms with van der Waals surface area (Å²) in [5.74, 6) is -0.251. The molecule has 1 heterocycles. The lowest BCUT2D eigenvalue weighted by Crippen LogP contribution is -2.48. The van der Waals surface area contributed by atoms with Crippen molar-refractivity contribution in [2.45, 2.75) is 63.5 Å². The molecule has 6 nitrogen and oxygen atoms in total. The van der Waals surface area contributed by atoms with Crippen LogP contribution in [0.2, 0.25) is 0 Å². The van der Waals surface area contributed by atoms with Gasteiger partial charge in [0.05, 0.1) is 10.5 Å². The van der Waals surface area contributed by atoms with Gasteiger partial charge in [-0.25, -0.2) is 8.42 Å². The van der Waals surface area contributed by atoms with Crippen LogP contribution in [-0.4, -0.2) is 50.0 Å². The number of ether oxygens (including phenoxy) is 1. The van der Waals surface area contributed by atoms with Crippen molar-refractivity contribution in [3.8, 4) is 0 Å². The van der Waals surface area contributed by atoms with E-state index in [9.17, 15) is 13.2 Å². The molecule has 1 unspecified atom stereocenters. The first kappa shape index (κ1) is 20.9. The Kier molecular flexibility index (Phi) is 6.82. The largest absolute Gasteiger partial charge is 0.375 e. The Labute approximate surface area is 157 Å². The topological polar surface area (TPSA) is 75.7 Å². The van der Waals surface area contributed by atoms with Gasteiger partial charge in [0, 0.05) is 31.3 Å². The first-order valence-corrected chi connectivity index (χ1v) is 10.7. The molecule has 0 radical (unpaired) electrons. The highest BCUT2D eigenvalue weighted by molar-refractivity contribution is 7.89. The maximum Gasteiger partial charge on any atom is 0.251 e. The van der Waals surface area contributed by atoms with E-state index in [2.05, 4.69) is 5.32 Å². The molecule has 26 heavy (non-hydrogen) atoms. The van der Waals surface area contributed by atoms with Gasteiger partial charge in [0.25, 0.3) is 5.91 Å². The Morgan fingerprint density at radius 2 is 2.08 bits per heavy atom. The number of hydrogen-bond acceptors (Lipinski definition) is 4. The van der Waals surface area contributed by atoms with E-state index in [0.29, 0.717) is 38.1 Å². The molecule has 0 bridgehead atoms. The third-order valence-corrected chi connectivity index (χ3v) is 6.65. The van der Waals surface area contributed by atoms with E-state index in [-0.39, 0.29) is 22.4 Å². The number of nitrogens with one attached hydrogen (secondary N) is 1. The monoisotopic (exact) mass is 382 g/mol. The number of carbonyl (C=O) groups excluding carboxylic acids is 1. The van der Waals surface area contributed by atoms with Crippen LogP contribution in [0.25, 0.3) is 0 Å². The molecule has 1 aliphatic heterocycles. The van der Waals surface area contributed by atoms with Gasteiger partial charge in [-0.3, -0.25) is 4.79 Å². The van der Waals surface area contributed by atoms with E-state index in [1.807, 2.05) is 27.7 Å². The molecule has 1 fully saturated rings. The van der Waals surface area contributed by atoms with Gasteiger partial charge in [0.1, 0.15) is 0 Å². The van der Waals surface area contributed by atoms with E-state index in [4.69, 9.17) is 4.74 Å². The van der Waals surface area contributed by atoms with Gasteiger partial charge in [-0.1, -0.05) is 19.9 Å². The summed E-state index contributed by atoms with van der Waals surface area (Å²) in [6.45, 7) is 9.27. The molecule has 0 saturated carbocycles. The first-order valence-electron chi connectivity index (χ1n) is 9.25. The molecule has 1 atom stereocenters. The predicted molar refractivity (Wildman–Crippen MR) is 102 cm³/mol. The highest BCUT2D eigenvalue weighted by atomic mass is 32.2. The summed E-state index contributed by atoms with van der Waals surface area (Å²) >= 11 is 0. The van der Waals surface area contributed by atoms with Gasteiger partial charge >= 0.3 is 0 Å². The van der Waals surface area contributed by atoms with E-state index >= 15 is 0 Å². The summed E-state index contributed by atoms with van der Waals surface area (Å²) in [4.78, 5) is 12.3. The number of benzene rings is 1. The molecule has 0 aliphatic carbocycles. The Morgan fingerprint density at radius 1 is 1.35 bits per heavy atom. The fourth-order valence-electron chi connectivity index (χ4n) is 3.34. The Hall–Kier alpha value is -1.44.